The minimum atomic E-state index is -0.769. The first-order chi connectivity index (χ1) is 26.5. The standard InChI is InChI=1S/C48H86O6/c1-4-7-10-13-16-18-20-21-22-23-24-25-26-27-29-30-32-35-38-41-47(50)53-44-45(43-52-46(49)40-37-34-15-12-9-6-3)54-48(51)42-39-36-33-31-28-19-17-14-11-8-5-2/h16,18,21-22,24-25,45H,4-15,17,19-20,23,26-44H2,1-3H3/b18-16-,22-21-,25-24-. The molecule has 54 heavy (non-hydrogen) atoms. The van der Waals surface area contributed by atoms with Gasteiger partial charge in [0.05, 0.1) is 0 Å². The molecule has 0 fully saturated rings. The molecule has 0 N–H and O–H groups in total. The molecule has 1 atom stereocenters. The quantitative estimate of drug-likeness (QED) is 0.0267. The Labute approximate surface area is 334 Å². The second kappa shape index (κ2) is 43.4. The van der Waals surface area contributed by atoms with E-state index in [2.05, 4.69) is 57.2 Å². The van der Waals surface area contributed by atoms with Gasteiger partial charge in [-0.3, -0.25) is 14.4 Å². The third-order valence-corrected chi connectivity index (χ3v) is 9.90. The van der Waals surface area contributed by atoms with Crippen LogP contribution < -0.4 is 0 Å². The maximum atomic E-state index is 12.6. The van der Waals surface area contributed by atoms with E-state index in [1.807, 2.05) is 0 Å². The van der Waals surface area contributed by atoms with E-state index in [-0.39, 0.29) is 31.1 Å². The van der Waals surface area contributed by atoms with Gasteiger partial charge in [0.15, 0.2) is 6.10 Å². The molecule has 0 bridgehead atoms. The monoisotopic (exact) mass is 759 g/mol. The fourth-order valence-corrected chi connectivity index (χ4v) is 6.39. The summed E-state index contributed by atoms with van der Waals surface area (Å²) < 4.78 is 16.6. The van der Waals surface area contributed by atoms with Gasteiger partial charge in [0.25, 0.3) is 0 Å². The Bertz CT molecular complexity index is 922. The Kier molecular flexibility index (Phi) is 41.5. The molecule has 6 nitrogen and oxygen atoms in total. The van der Waals surface area contributed by atoms with Gasteiger partial charge in [-0.1, -0.05) is 192 Å². The molecule has 0 aliphatic carbocycles. The summed E-state index contributed by atoms with van der Waals surface area (Å²) in [4.78, 5) is 37.5. The predicted octanol–water partition coefficient (Wildman–Crippen LogP) is 14.6. The normalized spacial score (nSPS) is 12.3. The molecule has 0 saturated heterocycles. The van der Waals surface area contributed by atoms with Gasteiger partial charge in [0, 0.05) is 19.3 Å². The third kappa shape index (κ3) is 40.8. The predicted molar refractivity (Wildman–Crippen MR) is 229 cm³/mol. The van der Waals surface area contributed by atoms with Crippen LogP contribution in [0.4, 0.5) is 0 Å². The van der Waals surface area contributed by atoms with Gasteiger partial charge in [0.2, 0.25) is 0 Å². The fraction of sp³-hybridized carbons (Fsp3) is 0.812. The first-order valence-corrected chi connectivity index (χ1v) is 23.0. The Morgan fingerprint density at radius 3 is 1.07 bits per heavy atom. The number of allylic oxidation sites excluding steroid dienone is 6. The molecule has 0 rings (SSSR count). The van der Waals surface area contributed by atoms with Crippen LogP contribution in [0.15, 0.2) is 36.5 Å². The van der Waals surface area contributed by atoms with Crippen molar-refractivity contribution >= 4 is 17.9 Å². The summed E-state index contributed by atoms with van der Waals surface area (Å²) in [5, 5.41) is 0. The van der Waals surface area contributed by atoms with Crippen molar-refractivity contribution in [2.45, 2.75) is 239 Å². The lowest BCUT2D eigenvalue weighted by Gasteiger charge is -2.18. The van der Waals surface area contributed by atoms with Gasteiger partial charge in [0.1, 0.15) is 13.2 Å². The van der Waals surface area contributed by atoms with Crippen molar-refractivity contribution in [1.29, 1.82) is 0 Å². The highest BCUT2D eigenvalue weighted by Gasteiger charge is 2.19. The average Bonchev–Trinajstić information content (AvgIpc) is 3.17. The lowest BCUT2D eigenvalue weighted by molar-refractivity contribution is -0.167. The van der Waals surface area contributed by atoms with Gasteiger partial charge >= 0.3 is 17.9 Å². The number of ether oxygens (including phenoxy) is 3. The number of esters is 3. The summed E-state index contributed by atoms with van der Waals surface area (Å²) >= 11 is 0. The van der Waals surface area contributed by atoms with Crippen LogP contribution in [0.5, 0.6) is 0 Å². The van der Waals surface area contributed by atoms with Crippen LogP contribution in [-0.2, 0) is 28.6 Å². The molecular weight excluding hydrogens is 673 g/mol. The van der Waals surface area contributed by atoms with Crippen molar-refractivity contribution < 1.29 is 28.6 Å². The number of unbranched alkanes of at least 4 members (excludes halogenated alkanes) is 24. The highest BCUT2D eigenvalue weighted by molar-refractivity contribution is 5.71. The van der Waals surface area contributed by atoms with E-state index >= 15 is 0 Å². The Morgan fingerprint density at radius 1 is 0.370 bits per heavy atom. The highest BCUT2D eigenvalue weighted by Crippen LogP contribution is 2.14. The maximum Gasteiger partial charge on any atom is 0.306 e. The molecule has 0 aliphatic rings. The Morgan fingerprint density at radius 2 is 0.667 bits per heavy atom. The number of carbonyl (C=O) groups excluding carboxylic acids is 3. The number of carbonyl (C=O) groups is 3. The SMILES string of the molecule is CCCCC/C=C\C/C=C\C/C=C\CCCCCCCCC(=O)OCC(COC(=O)CCCCCCCC)OC(=O)CCCCCCCCCCCCC. The molecule has 314 valence electrons. The van der Waals surface area contributed by atoms with Crippen LogP contribution in [0.1, 0.15) is 233 Å². The van der Waals surface area contributed by atoms with Crippen molar-refractivity contribution in [3.8, 4) is 0 Å². The topological polar surface area (TPSA) is 78.9 Å². The van der Waals surface area contributed by atoms with Crippen LogP contribution in [0.25, 0.3) is 0 Å². The number of rotatable bonds is 41. The van der Waals surface area contributed by atoms with Crippen molar-refractivity contribution in [3.63, 3.8) is 0 Å². The molecule has 0 aromatic heterocycles. The molecule has 0 spiro atoms. The molecule has 0 aromatic rings. The van der Waals surface area contributed by atoms with Crippen LogP contribution in [0.2, 0.25) is 0 Å². The first kappa shape index (κ1) is 51.6. The van der Waals surface area contributed by atoms with Crippen LogP contribution in [0, 0.1) is 0 Å². The summed E-state index contributed by atoms with van der Waals surface area (Å²) in [6.45, 7) is 6.53. The largest absolute Gasteiger partial charge is 0.462 e. The molecule has 0 heterocycles. The van der Waals surface area contributed by atoms with E-state index in [0.29, 0.717) is 19.3 Å². The second-order valence-electron chi connectivity index (χ2n) is 15.3. The average molecular weight is 759 g/mol. The Balaban J connectivity index is 4.23. The molecule has 6 heteroatoms. The smallest absolute Gasteiger partial charge is 0.306 e. The molecule has 0 saturated carbocycles. The zero-order chi connectivity index (χ0) is 39.4. The lowest BCUT2D eigenvalue weighted by atomic mass is 10.1. The molecule has 0 aliphatic heterocycles. The zero-order valence-corrected chi connectivity index (χ0v) is 35.7. The van der Waals surface area contributed by atoms with Crippen molar-refractivity contribution in [2.75, 3.05) is 13.2 Å². The van der Waals surface area contributed by atoms with E-state index in [4.69, 9.17) is 14.2 Å². The van der Waals surface area contributed by atoms with Gasteiger partial charge in [-0.15, -0.1) is 0 Å². The molecule has 0 radical (unpaired) electrons. The molecular formula is C48H86O6. The van der Waals surface area contributed by atoms with Gasteiger partial charge in [-0.25, -0.2) is 0 Å². The maximum absolute atomic E-state index is 12.6. The first-order valence-electron chi connectivity index (χ1n) is 23.0. The van der Waals surface area contributed by atoms with Crippen molar-refractivity contribution in [2.24, 2.45) is 0 Å². The third-order valence-electron chi connectivity index (χ3n) is 9.90. The van der Waals surface area contributed by atoms with Crippen LogP contribution in [0.3, 0.4) is 0 Å². The van der Waals surface area contributed by atoms with Crippen molar-refractivity contribution in [3.05, 3.63) is 36.5 Å². The minimum Gasteiger partial charge on any atom is -0.462 e. The van der Waals surface area contributed by atoms with E-state index in [1.165, 1.54) is 116 Å². The van der Waals surface area contributed by atoms with Crippen LogP contribution >= 0.6 is 0 Å². The minimum absolute atomic E-state index is 0.0747. The van der Waals surface area contributed by atoms with E-state index in [0.717, 1.165) is 77.0 Å². The fourth-order valence-electron chi connectivity index (χ4n) is 6.39. The van der Waals surface area contributed by atoms with E-state index in [9.17, 15) is 14.4 Å². The van der Waals surface area contributed by atoms with Crippen molar-refractivity contribution in [1.82, 2.24) is 0 Å². The summed E-state index contributed by atoms with van der Waals surface area (Å²) in [5.41, 5.74) is 0. The molecule has 0 amide bonds. The highest BCUT2D eigenvalue weighted by atomic mass is 16.6. The second-order valence-corrected chi connectivity index (χ2v) is 15.3. The molecule has 1 unspecified atom stereocenters. The van der Waals surface area contributed by atoms with Gasteiger partial charge in [-0.2, -0.15) is 0 Å². The molecule has 0 aromatic carbocycles. The Hall–Kier alpha value is -2.37. The summed E-state index contributed by atoms with van der Waals surface area (Å²) in [7, 11) is 0. The summed E-state index contributed by atoms with van der Waals surface area (Å²) in [6.07, 6.45) is 48.6. The van der Waals surface area contributed by atoms with Gasteiger partial charge in [-0.05, 0) is 57.8 Å². The number of hydrogen-bond acceptors (Lipinski definition) is 6. The van der Waals surface area contributed by atoms with E-state index < -0.39 is 6.10 Å². The van der Waals surface area contributed by atoms with Gasteiger partial charge < -0.3 is 14.2 Å². The van der Waals surface area contributed by atoms with Crippen LogP contribution in [-0.4, -0.2) is 37.2 Å². The van der Waals surface area contributed by atoms with E-state index in [1.54, 1.807) is 0 Å². The summed E-state index contributed by atoms with van der Waals surface area (Å²) in [6, 6.07) is 0. The zero-order valence-electron chi connectivity index (χ0n) is 35.7. The number of hydrogen-bond donors (Lipinski definition) is 0. The lowest BCUT2D eigenvalue weighted by Crippen LogP contribution is -2.30. The summed E-state index contributed by atoms with van der Waals surface area (Å²) in [5.74, 6) is -0.895.